The second kappa shape index (κ2) is 5.93. The predicted octanol–water partition coefficient (Wildman–Crippen LogP) is 1.38. The van der Waals surface area contributed by atoms with Gasteiger partial charge in [-0.2, -0.15) is 0 Å². The third-order valence-electron chi connectivity index (χ3n) is 3.22. The van der Waals surface area contributed by atoms with Gasteiger partial charge >= 0.3 is 0 Å². The Hall–Kier alpha value is -2.14. The molecule has 116 valence electrons. The number of ketones is 1. The predicted molar refractivity (Wildman–Crippen MR) is 89.4 cm³/mol. The molecule has 2 rings (SSSR count). The van der Waals surface area contributed by atoms with Crippen LogP contribution in [0, 0.1) is 5.41 Å². The van der Waals surface area contributed by atoms with Gasteiger partial charge in [-0.3, -0.25) is 9.59 Å². The van der Waals surface area contributed by atoms with Crippen LogP contribution in [-0.2, 0) is 11.8 Å². The van der Waals surface area contributed by atoms with Crippen LogP contribution in [0.3, 0.4) is 0 Å². The van der Waals surface area contributed by atoms with Gasteiger partial charge in [-0.25, -0.2) is 0 Å². The molecule has 0 spiro atoms. The monoisotopic (exact) mass is 317 g/mol. The molecule has 0 saturated heterocycles. The normalized spacial score (nSPS) is 13.6. The number of phenolic OH excluding ortho intramolecular Hbond substituents is 1. The quantitative estimate of drug-likeness (QED) is 0.910. The molecular formula is C17H19NO3S. The summed E-state index contributed by atoms with van der Waals surface area (Å²) >= 11 is 1.27. The number of benzene rings is 1. The second-order valence-corrected chi connectivity index (χ2v) is 7.23. The second-order valence-electron chi connectivity index (χ2n) is 6.17. The van der Waals surface area contributed by atoms with Crippen LogP contribution < -0.4 is 14.8 Å². The fourth-order valence-corrected chi connectivity index (χ4v) is 2.83. The number of aromatic nitrogens is 1. The molecule has 0 atom stereocenters. The van der Waals surface area contributed by atoms with Gasteiger partial charge in [-0.15, -0.1) is 11.3 Å². The molecule has 0 aliphatic carbocycles. The minimum Gasteiger partial charge on any atom is -0.508 e. The van der Waals surface area contributed by atoms with E-state index in [4.69, 9.17) is 0 Å². The molecule has 0 saturated carbocycles. The molecule has 1 aromatic heterocycles. The lowest BCUT2D eigenvalue weighted by molar-refractivity contribution is -0.120. The summed E-state index contributed by atoms with van der Waals surface area (Å²) in [6.45, 7) is 5.53. The fourth-order valence-electron chi connectivity index (χ4n) is 1.80. The van der Waals surface area contributed by atoms with Crippen molar-refractivity contribution in [1.82, 2.24) is 4.57 Å². The van der Waals surface area contributed by atoms with Crippen molar-refractivity contribution in [3.05, 3.63) is 49.4 Å². The molecule has 0 aliphatic heterocycles. The van der Waals surface area contributed by atoms with Gasteiger partial charge in [0.25, 0.3) is 5.56 Å². The van der Waals surface area contributed by atoms with Crippen LogP contribution in [0.1, 0.15) is 26.3 Å². The number of thiazole rings is 1. The van der Waals surface area contributed by atoms with E-state index in [1.807, 2.05) is 26.8 Å². The van der Waals surface area contributed by atoms with Gasteiger partial charge in [0, 0.05) is 18.5 Å². The van der Waals surface area contributed by atoms with E-state index in [9.17, 15) is 14.7 Å². The summed E-state index contributed by atoms with van der Waals surface area (Å²) in [4.78, 5) is 24.4. The van der Waals surface area contributed by atoms with Crippen molar-refractivity contribution in [2.45, 2.75) is 20.8 Å². The van der Waals surface area contributed by atoms with Crippen molar-refractivity contribution in [3.8, 4) is 5.75 Å². The number of rotatable bonds is 2. The third kappa shape index (κ3) is 3.54. The minimum absolute atomic E-state index is 0.0201. The molecule has 5 heteroatoms. The van der Waals surface area contributed by atoms with Crippen molar-refractivity contribution in [3.63, 3.8) is 0 Å². The SMILES string of the molecule is Cn1c(=O)/c(=C/c2cccc(O)c2)s/c1=C\C(=O)C(C)(C)C. The summed E-state index contributed by atoms with van der Waals surface area (Å²) in [5.74, 6) is 0.130. The number of carbonyl (C=O) groups excluding carboxylic acids is 1. The highest BCUT2D eigenvalue weighted by Gasteiger charge is 2.19. The van der Waals surface area contributed by atoms with Crippen molar-refractivity contribution in [2.24, 2.45) is 12.5 Å². The summed E-state index contributed by atoms with van der Waals surface area (Å²) in [5, 5.41) is 9.48. The molecule has 0 amide bonds. The van der Waals surface area contributed by atoms with Gasteiger partial charge in [0.1, 0.15) is 10.4 Å². The van der Waals surface area contributed by atoms with Gasteiger partial charge in [-0.05, 0) is 23.8 Å². The standard InChI is InChI=1S/C17H19NO3S/c1-17(2,3)14(20)10-15-18(4)16(21)13(22-15)9-11-6-5-7-12(19)8-11/h5-10,19H,1-4H3/b13-9-,15-10-. The lowest BCUT2D eigenvalue weighted by Gasteiger charge is -2.12. The largest absolute Gasteiger partial charge is 0.508 e. The first-order valence-corrected chi connectivity index (χ1v) is 7.73. The molecular weight excluding hydrogens is 298 g/mol. The molecule has 1 aromatic carbocycles. The Morgan fingerprint density at radius 3 is 2.59 bits per heavy atom. The molecule has 22 heavy (non-hydrogen) atoms. The third-order valence-corrected chi connectivity index (χ3v) is 4.34. The Morgan fingerprint density at radius 1 is 1.32 bits per heavy atom. The number of nitrogens with zero attached hydrogens (tertiary/aromatic N) is 1. The average Bonchev–Trinajstić information content (AvgIpc) is 2.66. The summed E-state index contributed by atoms with van der Waals surface area (Å²) in [6, 6.07) is 6.69. The average molecular weight is 317 g/mol. The van der Waals surface area contributed by atoms with Crippen LogP contribution in [0.2, 0.25) is 0 Å². The zero-order chi connectivity index (χ0) is 16.5. The number of phenols is 1. The maximum atomic E-state index is 12.3. The summed E-state index contributed by atoms with van der Waals surface area (Å²) in [5.41, 5.74) is 0.115. The lowest BCUT2D eigenvalue weighted by atomic mass is 9.91. The molecule has 1 heterocycles. The molecule has 0 bridgehead atoms. The maximum absolute atomic E-state index is 12.3. The summed E-state index contributed by atoms with van der Waals surface area (Å²) in [7, 11) is 1.65. The zero-order valence-corrected chi connectivity index (χ0v) is 13.9. The van der Waals surface area contributed by atoms with Crippen LogP contribution in [0.25, 0.3) is 12.2 Å². The van der Waals surface area contributed by atoms with Crippen molar-refractivity contribution >= 4 is 29.3 Å². The van der Waals surface area contributed by atoms with E-state index in [0.717, 1.165) is 5.56 Å². The van der Waals surface area contributed by atoms with E-state index in [1.165, 1.54) is 22.0 Å². The first-order chi connectivity index (χ1) is 10.2. The van der Waals surface area contributed by atoms with Gasteiger partial charge in [0.15, 0.2) is 5.78 Å². The van der Waals surface area contributed by atoms with E-state index in [2.05, 4.69) is 0 Å². The number of hydrogen-bond donors (Lipinski definition) is 1. The van der Waals surface area contributed by atoms with E-state index >= 15 is 0 Å². The number of aromatic hydroxyl groups is 1. The van der Waals surface area contributed by atoms with Crippen LogP contribution in [0.4, 0.5) is 0 Å². The first kappa shape index (κ1) is 16.2. The highest BCUT2D eigenvalue weighted by atomic mass is 32.1. The van der Waals surface area contributed by atoms with Crippen molar-refractivity contribution in [2.75, 3.05) is 0 Å². The Balaban J connectivity index is 2.59. The van der Waals surface area contributed by atoms with Crippen LogP contribution in [0.15, 0.2) is 29.1 Å². The highest BCUT2D eigenvalue weighted by molar-refractivity contribution is 7.07. The van der Waals surface area contributed by atoms with Crippen molar-refractivity contribution < 1.29 is 9.90 Å². The molecule has 0 fully saturated rings. The Labute approximate surface area is 132 Å². The fraction of sp³-hybridized carbons (Fsp3) is 0.294. The number of Topliss-reactive ketones (excluding diaryl/α,β-unsaturated/α-hetero) is 1. The Kier molecular flexibility index (Phi) is 4.37. The first-order valence-electron chi connectivity index (χ1n) is 6.91. The van der Waals surface area contributed by atoms with E-state index in [1.54, 1.807) is 31.3 Å². The summed E-state index contributed by atoms with van der Waals surface area (Å²) in [6.07, 6.45) is 3.23. The van der Waals surface area contributed by atoms with Gasteiger partial charge < -0.3 is 9.67 Å². The number of hydrogen-bond acceptors (Lipinski definition) is 4. The molecule has 1 N–H and O–H groups in total. The van der Waals surface area contributed by atoms with Gasteiger partial charge in [0.2, 0.25) is 0 Å². The Bertz CT molecular complexity index is 882. The van der Waals surface area contributed by atoms with Gasteiger partial charge in [-0.1, -0.05) is 32.9 Å². The van der Waals surface area contributed by atoms with Crippen LogP contribution >= 0.6 is 11.3 Å². The van der Waals surface area contributed by atoms with Crippen LogP contribution in [-0.4, -0.2) is 15.5 Å². The molecule has 4 nitrogen and oxygen atoms in total. The molecule has 0 radical (unpaired) electrons. The maximum Gasteiger partial charge on any atom is 0.268 e. The molecule has 2 aromatic rings. The molecule has 0 aliphatic rings. The smallest absolute Gasteiger partial charge is 0.268 e. The highest BCUT2D eigenvalue weighted by Crippen LogP contribution is 2.15. The van der Waals surface area contributed by atoms with Crippen LogP contribution in [0.5, 0.6) is 5.75 Å². The minimum atomic E-state index is -0.477. The lowest BCUT2D eigenvalue weighted by Crippen LogP contribution is -2.30. The van der Waals surface area contributed by atoms with E-state index < -0.39 is 5.41 Å². The van der Waals surface area contributed by atoms with E-state index in [0.29, 0.717) is 9.20 Å². The summed E-state index contributed by atoms with van der Waals surface area (Å²) < 4.78 is 2.63. The Morgan fingerprint density at radius 2 is 2.00 bits per heavy atom. The topological polar surface area (TPSA) is 59.3 Å². The van der Waals surface area contributed by atoms with E-state index in [-0.39, 0.29) is 17.1 Å². The zero-order valence-electron chi connectivity index (χ0n) is 13.1. The molecule has 0 unspecified atom stereocenters. The van der Waals surface area contributed by atoms with Gasteiger partial charge in [0.05, 0.1) is 4.53 Å². The number of carbonyl (C=O) groups is 1. The van der Waals surface area contributed by atoms with Crippen molar-refractivity contribution in [1.29, 1.82) is 0 Å².